The molecule has 0 aliphatic heterocycles. The Labute approximate surface area is 144 Å². The number of nitrogens with zero attached hydrogens (tertiary/aromatic N) is 3. The van der Waals surface area contributed by atoms with Crippen molar-refractivity contribution < 1.29 is 0 Å². The van der Waals surface area contributed by atoms with Gasteiger partial charge in [-0.05, 0) is 44.6 Å². The van der Waals surface area contributed by atoms with Gasteiger partial charge in [0.05, 0.1) is 11.4 Å². The molecule has 0 spiro atoms. The van der Waals surface area contributed by atoms with Crippen molar-refractivity contribution in [2.24, 2.45) is 0 Å². The van der Waals surface area contributed by atoms with Crippen LogP contribution in [-0.2, 0) is 0 Å². The lowest BCUT2D eigenvalue weighted by molar-refractivity contribution is 0.298. The zero-order valence-electron chi connectivity index (χ0n) is 14.6. The minimum atomic E-state index is 0.696. The highest BCUT2D eigenvalue weighted by atomic mass is 15.1. The van der Waals surface area contributed by atoms with Gasteiger partial charge in [-0.2, -0.15) is 0 Å². The van der Waals surface area contributed by atoms with Crippen LogP contribution in [0.25, 0.3) is 0 Å². The van der Waals surface area contributed by atoms with Crippen LogP contribution in [0, 0.1) is 0 Å². The topological polar surface area (TPSA) is 79.1 Å². The number of rotatable bonds is 10. The number of benzene rings is 1. The summed E-state index contributed by atoms with van der Waals surface area (Å²) >= 11 is 0. The van der Waals surface area contributed by atoms with Crippen LogP contribution in [0.5, 0.6) is 0 Å². The molecule has 24 heavy (non-hydrogen) atoms. The summed E-state index contributed by atoms with van der Waals surface area (Å²) in [5.74, 6) is 1.55. The van der Waals surface area contributed by atoms with Gasteiger partial charge in [0.15, 0.2) is 0 Å². The summed E-state index contributed by atoms with van der Waals surface area (Å²) < 4.78 is 0. The van der Waals surface area contributed by atoms with Gasteiger partial charge in [-0.25, -0.2) is 9.97 Å². The highest BCUT2D eigenvalue weighted by Crippen LogP contribution is 2.21. The molecule has 2 aromatic rings. The van der Waals surface area contributed by atoms with E-state index >= 15 is 0 Å². The Bertz CT molecular complexity index is 612. The maximum atomic E-state index is 5.94. The molecule has 0 amide bonds. The summed E-state index contributed by atoms with van der Waals surface area (Å²) in [6, 6.07) is 9.54. The lowest BCUT2D eigenvalue weighted by atomic mass is 10.2. The van der Waals surface area contributed by atoms with E-state index in [4.69, 9.17) is 5.73 Å². The zero-order valence-corrected chi connectivity index (χ0v) is 14.6. The maximum absolute atomic E-state index is 5.94. The van der Waals surface area contributed by atoms with Crippen molar-refractivity contribution in [3.05, 3.63) is 36.7 Å². The number of nitrogen functional groups attached to an aromatic ring is 1. The minimum absolute atomic E-state index is 0.696. The average Bonchev–Trinajstić information content (AvgIpc) is 2.60. The van der Waals surface area contributed by atoms with Gasteiger partial charge in [0.1, 0.15) is 18.0 Å². The second kappa shape index (κ2) is 9.72. The van der Waals surface area contributed by atoms with Gasteiger partial charge in [0.2, 0.25) is 0 Å². The Morgan fingerprint density at radius 2 is 1.79 bits per heavy atom. The van der Waals surface area contributed by atoms with Gasteiger partial charge in [-0.1, -0.05) is 26.0 Å². The molecule has 0 bridgehead atoms. The zero-order chi connectivity index (χ0) is 17.2. The molecule has 0 unspecified atom stereocenters. The molecular weight excluding hydrogens is 300 g/mol. The maximum Gasteiger partial charge on any atom is 0.135 e. The van der Waals surface area contributed by atoms with Crippen molar-refractivity contribution in [3.63, 3.8) is 0 Å². The predicted octanol–water partition coefficient (Wildman–Crippen LogP) is 3.34. The van der Waals surface area contributed by atoms with Crippen LogP contribution in [0.1, 0.15) is 26.7 Å². The van der Waals surface area contributed by atoms with E-state index < -0.39 is 0 Å². The number of hydrogen-bond donors (Lipinski definition) is 3. The molecule has 1 aromatic heterocycles. The van der Waals surface area contributed by atoms with Crippen molar-refractivity contribution in [1.82, 2.24) is 14.9 Å². The summed E-state index contributed by atoms with van der Waals surface area (Å²) in [6.07, 6.45) is 3.86. The van der Waals surface area contributed by atoms with Crippen LogP contribution in [0.15, 0.2) is 36.7 Å². The fourth-order valence-corrected chi connectivity index (χ4v) is 2.49. The van der Waals surface area contributed by atoms with Gasteiger partial charge < -0.3 is 21.3 Å². The van der Waals surface area contributed by atoms with E-state index in [0.29, 0.717) is 5.69 Å². The Kier molecular flexibility index (Phi) is 7.29. The van der Waals surface area contributed by atoms with E-state index in [2.05, 4.69) is 39.3 Å². The number of nitrogens with one attached hydrogen (secondary N) is 2. The molecule has 0 fully saturated rings. The van der Waals surface area contributed by atoms with Crippen molar-refractivity contribution >= 4 is 23.0 Å². The van der Waals surface area contributed by atoms with Gasteiger partial charge >= 0.3 is 0 Å². The average molecular weight is 328 g/mol. The number of aromatic nitrogens is 2. The van der Waals surface area contributed by atoms with Crippen LogP contribution in [0.2, 0.25) is 0 Å². The Balaban J connectivity index is 1.79. The predicted molar refractivity (Wildman–Crippen MR) is 102 cm³/mol. The molecule has 0 aliphatic rings. The molecule has 6 nitrogen and oxygen atoms in total. The number of nitrogens with two attached hydrogens (primary N) is 1. The number of unbranched alkanes of at least 4 members (excludes halogenated alkanes) is 1. The largest absolute Gasteiger partial charge is 0.397 e. The number of para-hydroxylation sites is 2. The molecule has 1 heterocycles. The highest BCUT2D eigenvalue weighted by molar-refractivity contribution is 5.71. The first-order valence-electron chi connectivity index (χ1n) is 8.62. The van der Waals surface area contributed by atoms with Gasteiger partial charge in [-0.3, -0.25) is 0 Å². The van der Waals surface area contributed by atoms with E-state index in [9.17, 15) is 0 Å². The normalized spacial score (nSPS) is 10.8. The molecule has 130 valence electrons. The van der Waals surface area contributed by atoms with E-state index in [1.54, 1.807) is 6.33 Å². The molecule has 1 aromatic carbocycles. The molecule has 0 saturated carbocycles. The van der Waals surface area contributed by atoms with Crippen LogP contribution in [0.4, 0.5) is 23.0 Å². The fourth-order valence-electron chi connectivity index (χ4n) is 2.49. The van der Waals surface area contributed by atoms with Gasteiger partial charge in [0, 0.05) is 12.6 Å². The Hall–Kier alpha value is -2.34. The van der Waals surface area contributed by atoms with Crippen molar-refractivity contribution in [3.8, 4) is 0 Å². The lowest BCUT2D eigenvalue weighted by Gasteiger charge is -2.17. The first kappa shape index (κ1) is 18.0. The summed E-state index contributed by atoms with van der Waals surface area (Å²) in [5, 5.41) is 6.58. The van der Waals surface area contributed by atoms with Crippen molar-refractivity contribution in [1.29, 1.82) is 0 Å². The van der Waals surface area contributed by atoms with Crippen LogP contribution >= 0.6 is 0 Å². The second-order valence-electron chi connectivity index (χ2n) is 5.66. The SMILES string of the molecule is CCN(CC)CCCCNc1cc(Nc2ccccc2N)ncn1. The van der Waals surface area contributed by atoms with E-state index in [0.717, 1.165) is 49.9 Å². The highest BCUT2D eigenvalue weighted by Gasteiger charge is 2.02. The molecule has 0 aliphatic carbocycles. The second-order valence-corrected chi connectivity index (χ2v) is 5.66. The molecule has 6 heteroatoms. The minimum Gasteiger partial charge on any atom is -0.397 e. The summed E-state index contributed by atoms with van der Waals surface area (Å²) in [7, 11) is 0. The quantitative estimate of drug-likeness (QED) is 0.458. The Morgan fingerprint density at radius 1 is 1.04 bits per heavy atom. The van der Waals surface area contributed by atoms with E-state index in [1.165, 1.54) is 6.42 Å². The van der Waals surface area contributed by atoms with E-state index in [-0.39, 0.29) is 0 Å². The van der Waals surface area contributed by atoms with Gasteiger partial charge in [0.25, 0.3) is 0 Å². The molecule has 4 N–H and O–H groups in total. The van der Waals surface area contributed by atoms with E-state index in [1.807, 2.05) is 30.3 Å². The first-order chi connectivity index (χ1) is 11.7. The lowest BCUT2D eigenvalue weighted by Crippen LogP contribution is -2.24. The van der Waals surface area contributed by atoms with Crippen LogP contribution in [-0.4, -0.2) is 41.0 Å². The summed E-state index contributed by atoms with van der Waals surface area (Å²) in [4.78, 5) is 10.9. The molecule has 0 radical (unpaired) electrons. The molecule has 0 saturated heterocycles. The van der Waals surface area contributed by atoms with Gasteiger partial charge in [-0.15, -0.1) is 0 Å². The molecule has 0 atom stereocenters. The molecule has 2 rings (SSSR count). The first-order valence-corrected chi connectivity index (χ1v) is 8.62. The third-order valence-electron chi connectivity index (χ3n) is 3.99. The van der Waals surface area contributed by atoms with Crippen LogP contribution < -0.4 is 16.4 Å². The third kappa shape index (κ3) is 5.70. The Morgan fingerprint density at radius 3 is 2.54 bits per heavy atom. The monoisotopic (exact) mass is 328 g/mol. The van der Waals surface area contributed by atoms with Crippen molar-refractivity contribution in [2.75, 3.05) is 42.5 Å². The number of hydrogen-bond acceptors (Lipinski definition) is 6. The smallest absolute Gasteiger partial charge is 0.135 e. The van der Waals surface area contributed by atoms with Crippen LogP contribution in [0.3, 0.4) is 0 Å². The fraction of sp³-hybridized carbons (Fsp3) is 0.444. The summed E-state index contributed by atoms with van der Waals surface area (Å²) in [5.41, 5.74) is 7.49. The standard InChI is InChI=1S/C18H28N6/c1-3-24(4-2)12-8-7-11-20-17-13-18(22-14-21-17)23-16-10-6-5-9-15(16)19/h5-6,9-10,13-14H,3-4,7-8,11-12,19H2,1-2H3,(H2,20,21,22,23). The third-order valence-corrected chi connectivity index (χ3v) is 3.99. The van der Waals surface area contributed by atoms with Crippen molar-refractivity contribution in [2.45, 2.75) is 26.7 Å². The molecular formula is C18H28N6. The summed E-state index contributed by atoms with van der Waals surface area (Å²) in [6.45, 7) is 8.71. The number of anilines is 4.